The Morgan fingerprint density at radius 2 is 1.82 bits per heavy atom. The molecule has 0 aromatic heterocycles. The highest BCUT2D eigenvalue weighted by Crippen LogP contribution is 2.27. The van der Waals surface area contributed by atoms with Crippen LogP contribution in [0.1, 0.15) is 44.1 Å². The Morgan fingerprint density at radius 3 is 2.50 bits per heavy atom. The van der Waals surface area contributed by atoms with Crippen LogP contribution in [-0.2, 0) is 4.79 Å². The molecule has 3 heteroatoms. The summed E-state index contributed by atoms with van der Waals surface area (Å²) in [5, 5.41) is 0. The fourth-order valence-electron chi connectivity index (χ4n) is 3.86. The highest BCUT2D eigenvalue weighted by molar-refractivity contribution is 5.78. The molecule has 1 atom stereocenters. The summed E-state index contributed by atoms with van der Waals surface area (Å²) >= 11 is 0. The number of benzene rings is 1. The van der Waals surface area contributed by atoms with Gasteiger partial charge < -0.3 is 4.90 Å². The third-order valence-corrected chi connectivity index (χ3v) is 5.23. The Hall–Kier alpha value is -1.35. The number of piperidine rings is 2. The molecule has 1 aromatic carbocycles. The zero-order valence-corrected chi connectivity index (χ0v) is 13.7. The molecule has 2 aliphatic rings. The monoisotopic (exact) mass is 300 g/mol. The molecule has 120 valence electrons. The zero-order chi connectivity index (χ0) is 15.4. The highest BCUT2D eigenvalue weighted by Gasteiger charge is 2.25. The van der Waals surface area contributed by atoms with Crippen LogP contribution in [0.5, 0.6) is 0 Å². The molecule has 2 heterocycles. The second-order valence-electron chi connectivity index (χ2n) is 7.05. The topological polar surface area (TPSA) is 23.6 Å². The van der Waals surface area contributed by atoms with Gasteiger partial charge in [0, 0.05) is 13.1 Å². The average Bonchev–Trinajstić information content (AvgIpc) is 2.56. The Bertz CT molecular complexity index is 479. The van der Waals surface area contributed by atoms with E-state index in [-0.39, 0.29) is 0 Å². The van der Waals surface area contributed by atoms with Gasteiger partial charge in [-0.25, -0.2) is 0 Å². The fraction of sp³-hybridized carbons (Fsp3) is 0.632. The van der Waals surface area contributed by atoms with E-state index in [1.54, 1.807) is 0 Å². The van der Waals surface area contributed by atoms with Gasteiger partial charge in [0.05, 0.1) is 6.54 Å². The molecular weight excluding hydrogens is 272 g/mol. The van der Waals surface area contributed by atoms with Crippen LogP contribution in [0, 0.1) is 5.92 Å². The van der Waals surface area contributed by atoms with Crippen LogP contribution in [0.25, 0.3) is 0 Å². The number of carbonyl (C=O) groups is 1. The Kier molecular flexibility index (Phi) is 5.14. The van der Waals surface area contributed by atoms with E-state index in [4.69, 9.17) is 0 Å². The van der Waals surface area contributed by atoms with Crippen molar-refractivity contribution in [3.8, 4) is 0 Å². The number of likely N-dealkylation sites (tertiary alicyclic amines) is 2. The Labute approximate surface area is 134 Å². The lowest BCUT2D eigenvalue weighted by atomic mass is 9.89. The molecule has 0 saturated carbocycles. The van der Waals surface area contributed by atoms with Crippen LogP contribution in [0.3, 0.4) is 0 Å². The lowest BCUT2D eigenvalue weighted by Gasteiger charge is -2.35. The summed E-state index contributed by atoms with van der Waals surface area (Å²) in [6, 6.07) is 10.8. The summed E-state index contributed by atoms with van der Waals surface area (Å²) in [6.07, 6.45) is 4.79. The maximum absolute atomic E-state index is 12.4. The van der Waals surface area contributed by atoms with Crippen molar-refractivity contribution >= 4 is 5.91 Å². The minimum Gasteiger partial charge on any atom is -0.341 e. The van der Waals surface area contributed by atoms with E-state index in [1.165, 1.54) is 31.2 Å². The third kappa shape index (κ3) is 3.89. The van der Waals surface area contributed by atoms with Crippen LogP contribution in [0.4, 0.5) is 0 Å². The van der Waals surface area contributed by atoms with Crippen molar-refractivity contribution in [2.45, 2.75) is 38.5 Å². The minimum atomic E-state index is 0.338. The van der Waals surface area contributed by atoms with Gasteiger partial charge in [0.2, 0.25) is 5.91 Å². The molecule has 0 radical (unpaired) electrons. The van der Waals surface area contributed by atoms with Crippen molar-refractivity contribution in [2.75, 3.05) is 32.7 Å². The number of hydrogen-bond acceptors (Lipinski definition) is 2. The average molecular weight is 300 g/mol. The molecule has 1 unspecified atom stereocenters. The standard InChI is InChI=1S/C19H28N2O/c1-16-6-5-11-21(14-16)19(22)15-20-12-9-18(10-13-20)17-7-3-2-4-8-17/h2-4,7-8,16,18H,5-6,9-15H2,1H3. The van der Waals surface area contributed by atoms with Gasteiger partial charge in [0.25, 0.3) is 0 Å². The lowest BCUT2D eigenvalue weighted by Crippen LogP contribution is -2.46. The number of carbonyl (C=O) groups excluding carboxylic acids is 1. The number of nitrogens with zero attached hydrogens (tertiary/aromatic N) is 2. The van der Waals surface area contributed by atoms with E-state index in [0.29, 0.717) is 24.3 Å². The van der Waals surface area contributed by atoms with Gasteiger partial charge in [-0.05, 0) is 56.2 Å². The maximum Gasteiger partial charge on any atom is 0.236 e. The maximum atomic E-state index is 12.4. The smallest absolute Gasteiger partial charge is 0.236 e. The van der Waals surface area contributed by atoms with Crippen molar-refractivity contribution in [1.82, 2.24) is 9.80 Å². The number of amides is 1. The number of hydrogen-bond donors (Lipinski definition) is 0. The lowest BCUT2D eigenvalue weighted by molar-refractivity contribution is -0.134. The molecule has 1 aromatic rings. The first-order valence-corrected chi connectivity index (χ1v) is 8.77. The zero-order valence-electron chi connectivity index (χ0n) is 13.7. The van der Waals surface area contributed by atoms with E-state index in [1.807, 2.05) is 0 Å². The molecule has 3 nitrogen and oxygen atoms in total. The van der Waals surface area contributed by atoms with Crippen molar-refractivity contribution in [3.63, 3.8) is 0 Å². The summed E-state index contributed by atoms with van der Waals surface area (Å²) in [4.78, 5) is 16.9. The van der Waals surface area contributed by atoms with Gasteiger partial charge in [0.1, 0.15) is 0 Å². The number of rotatable bonds is 3. The Morgan fingerprint density at radius 1 is 1.09 bits per heavy atom. The molecule has 1 amide bonds. The molecule has 2 fully saturated rings. The van der Waals surface area contributed by atoms with Crippen LogP contribution in [-0.4, -0.2) is 48.4 Å². The molecule has 2 saturated heterocycles. The van der Waals surface area contributed by atoms with Crippen LogP contribution in [0.15, 0.2) is 30.3 Å². The molecular formula is C19H28N2O. The van der Waals surface area contributed by atoms with Crippen molar-refractivity contribution in [2.24, 2.45) is 5.92 Å². The predicted molar refractivity (Wildman–Crippen MR) is 89.8 cm³/mol. The molecule has 0 bridgehead atoms. The van der Waals surface area contributed by atoms with Crippen molar-refractivity contribution < 1.29 is 4.79 Å². The molecule has 2 aliphatic heterocycles. The summed E-state index contributed by atoms with van der Waals surface area (Å²) < 4.78 is 0. The fourth-order valence-corrected chi connectivity index (χ4v) is 3.86. The van der Waals surface area contributed by atoms with Crippen LogP contribution in [0.2, 0.25) is 0 Å². The minimum absolute atomic E-state index is 0.338. The summed E-state index contributed by atoms with van der Waals surface area (Å²) in [5.74, 6) is 1.67. The van der Waals surface area contributed by atoms with Crippen LogP contribution >= 0.6 is 0 Å². The quantitative estimate of drug-likeness (QED) is 0.856. The van der Waals surface area contributed by atoms with Gasteiger partial charge in [0.15, 0.2) is 0 Å². The largest absolute Gasteiger partial charge is 0.341 e. The second-order valence-corrected chi connectivity index (χ2v) is 7.05. The summed E-state index contributed by atoms with van der Waals surface area (Å²) in [6.45, 7) is 6.89. The van der Waals surface area contributed by atoms with E-state index in [9.17, 15) is 4.79 Å². The summed E-state index contributed by atoms with van der Waals surface area (Å²) in [5.41, 5.74) is 1.46. The van der Waals surface area contributed by atoms with E-state index < -0.39 is 0 Å². The van der Waals surface area contributed by atoms with Crippen molar-refractivity contribution in [1.29, 1.82) is 0 Å². The molecule has 22 heavy (non-hydrogen) atoms. The predicted octanol–water partition coefficient (Wildman–Crippen LogP) is 3.12. The first-order valence-electron chi connectivity index (χ1n) is 8.77. The van der Waals surface area contributed by atoms with Crippen molar-refractivity contribution in [3.05, 3.63) is 35.9 Å². The van der Waals surface area contributed by atoms with Gasteiger partial charge >= 0.3 is 0 Å². The third-order valence-electron chi connectivity index (χ3n) is 5.23. The molecule has 0 aliphatic carbocycles. The van der Waals surface area contributed by atoms with E-state index >= 15 is 0 Å². The SMILES string of the molecule is CC1CCCN(C(=O)CN2CCC(c3ccccc3)CC2)C1. The van der Waals surface area contributed by atoms with E-state index in [2.05, 4.69) is 47.1 Å². The normalized spacial score (nSPS) is 24.4. The van der Waals surface area contributed by atoms with E-state index in [0.717, 1.165) is 26.2 Å². The van der Waals surface area contributed by atoms with Gasteiger partial charge in [-0.15, -0.1) is 0 Å². The van der Waals surface area contributed by atoms with Gasteiger partial charge in [-0.2, -0.15) is 0 Å². The second kappa shape index (κ2) is 7.28. The first-order chi connectivity index (χ1) is 10.7. The molecule has 0 spiro atoms. The Balaban J connectivity index is 1.46. The molecule has 3 rings (SSSR count). The van der Waals surface area contributed by atoms with Gasteiger partial charge in [-0.3, -0.25) is 9.69 Å². The summed E-state index contributed by atoms with van der Waals surface area (Å²) in [7, 11) is 0. The molecule has 0 N–H and O–H groups in total. The first kappa shape index (κ1) is 15.5. The van der Waals surface area contributed by atoms with Crippen LogP contribution < -0.4 is 0 Å². The van der Waals surface area contributed by atoms with Gasteiger partial charge in [-0.1, -0.05) is 37.3 Å². The highest BCUT2D eigenvalue weighted by atomic mass is 16.2.